The quantitative estimate of drug-likeness (QED) is 0.893. The minimum atomic E-state index is 0.441. The summed E-state index contributed by atoms with van der Waals surface area (Å²) in [7, 11) is 0. The first-order chi connectivity index (χ1) is 7.15. The molecule has 3 nitrogen and oxygen atoms in total. The molecule has 0 saturated heterocycles. The highest BCUT2D eigenvalue weighted by atomic mass is 35.5. The van der Waals surface area contributed by atoms with E-state index in [9.17, 15) is 0 Å². The van der Waals surface area contributed by atoms with Gasteiger partial charge in [-0.25, -0.2) is 4.98 Å². The number of aromatic nitrogens is 1. The Morgan fingerprint density at radius 2 is 2.13 bits per heavy atom. The summed E-state index contributed by atoms with van der Waals surface area (Å²) in [6.07, 6.45) is 1.53. The molecule has 2 rings (SSSR count). The summed E-state index contributed by atoms with van der Waals surface area (Å²) < 4.78 is 5.42. The largest absolute Gasteiger partial charge is 0.429 e. The van der Waals surface area contributed by atoms with Gasteiger partial charge in [0.15, 0.2) is 0 Å². The highest BCUT2D eigenvalue weighted by Gasteiger charge is 2.06. The van der Waals surface area contributed by atoms with Crippen molar-refractivity contribution in [3.8, 4) is 10.9 Å². The van der Waals surface area contributed by atoms with Crippen molar-refractivity contribution in [2.45, 2.75) is 0 Å². The summed E-state index contributed by atoms with van der Waals surface area (Å²) in [5, 5.41) is 2.05. The number of ether oxygens (including phenoxy) is 1. The van der Waals surface area contributed by atoms with Crippen LogP contribution in [0, 0.1) is 0 Å². The zero-order valence-electron chi connectivity index (χ0n) is 7.41. The maximum atomic E-state index is 5.92. The minimum Gasteiger partial charge on any atom is -0.429 e. The van der Waals surface area contributed by atoms with Crippen LogP contribution < -0.4 is 10.5 Å². The summed E-state index contributed by atoms with van der Waals surface area (Å²) in [4.78, 5) is 3.95. The van der Waals surface area contributed by atoms with E-state index in [0.29, 0.717) is 26.0 Å². The molecule has 15 heavy (non-hydrogen) atoms. The molecule has 0 fully saturated rings. The number of nitrogens with zero attached hydrogens (tertiary/aromatic N) is 1. The van der Waals surface area contributed by atoms with Gasteiger partial charge in [-0.1, -0.05) is 34.5 Å². The van der Waals surface area contributed by atoms with Gasteiger partial charge < -0.3 is 10.5 Å². The van der Waals surface area contributed by atoms with Crippen molar-refractivity contribution in [3.63, 3.8) is 0 Å². The molecule has 0 unspecified atom stereocenters. The lowest BCUT2D eigenvalue weighted by Crippen LogP contribution is -1.83. The van der Waals surface area contributed by atoms with Crippen LogP contribution in [0.2, 0.25) is 10.0 Å². The molecule has 1 aromatic heterocycles. The van der Waals surface area contributed by atoms with Crippen molar-refractivity contribution in [2.75, 3.05) is 5.73 Å². The summed E-state index contributed by atoms with van der Waals surface area (Å²) in [5.74, 6) is 0.510. The van der Waals surface area contributed by atoms with Crippen molar-refractivity contribution in [1.29, 1.82) is 0 Å². The van der Waals surface area contributed by atoms with Gasteiger partial charge in [0.2, 0.25) is 0 Å². The molecule has 1 aromatic carbocycles. The summed E-state index contributed by atoms with van der Waals surface area (Å²) in [6.45, 7) is 0. The number of hydrogen-bond donors (Lipinski definition) is 1. The second-order valence-corrected chi connectivity index (χ2v) is 4.57. The Morgan fingerprint density at radius 1 is 1.33 bits per heavy atom. The fourth-order valence-corrected chi connectivity index (χ4v) is 1.96. The van der Waals surface area contributed by atoms with Gasteiger partial charge in [0.05, 0.1) is 11.2 Å². The molecule has 0 bridgehead atoms. The lowest BCUT2D eigenvalue weighted by molar-refractivity contribution is 0.479. The maximum absolute atomic E-state index is 5.92. The van der Waals surface area contributed by atoms with E-state index in [1.54, 1.807) is 18.2 Å². The van der Waals surface area contributed by atoms with E-state index in [1.165, 1.54) is 17.5 Å². The van der Waals surface area contributed by atoms with Crippen molar-refractivity contribution in [2.24, 2.45) is 0 Å². The molecule has 0 aliphatic carbocycles. The maximum Gasteiger partial charge on any atom is 0.280 e. The summed E-state index contributed by atoms with van der Waals surface area (Å²) in [6, 6.07) is 4.98. The Labute approximate surface area is 100 Å². The second-order valence-electron chi connectivity index (χ2n) is 2.71. The highest BCUT2D eigenvalue weighted by Crippen LogP contribution is 2.33. The molecule has 0 saturated carbocycles. The van der Waals surface area contributed by atoms with Gasteiger partial charge in [0.25, 0.3) is 5.19 Å². The van der Waals surface area contributed by atoms with Crippen molar-refractivity contribution >= 4 is 39.5 Å². The molecule has 2 aromatic rings. The number of thiazole rings is 1. The molecule has 6 heteroatoms. The van der Waals surface area contributed by atoms with Crippen LogP contribution in [0.3, 0.4) is 0 Å². The Kier molecular flexibility index (Phi) is 3.00. The Morgan fingerprint density at radius 3 is 2.73 bits per heavy atom. The van der Waals surface area contributed by atoms with E-state index in [-0.39, 0.29) is 0 Å². The summed E-state index contributed by atoms with van der Waals surface area (Å²) in [5.41, 5.74) is 5.52. The lowest BCUT2D eigenvalue weighted by Gasteiger charge is -2.03. The van der Waals surface area contributed by atoms with Gasteiger partial charge in [-0.3, -0.25) is 0 Å². The molecule has 0 aliphatic rings. The van der Waals surface area contributed by atoms with E-state index in [2.05, 4.69) is 4.98 Å². The monoisotopic (exact) mass is 260 g/mol. The molecule has 0 radical (unpaired) electrons. The van der Waals surface area contributed by atoms with Crippen molar-refractivity contribution in [3.05, 3.63) is 34.4 Å². The van der Waals surface area contributed by atoms with Crippen LogP contribution in [-0.2, 0) is 0 Å². The fourth-order valence-electron chi connectivity index (χ4n) is 0.969. The summed E-state index contributed by atoms with van der Waals surface area (Å²) >= 11 is 12.9. The van der Waals surface area contributed by atoms with Crippen LogP contribution >= 0.6 is 34.5 Å². The Bertz CT molecular complexity index is 487. The first-order valence-electron chi connectivity index (χ1n) is 3.99. The average Bonchev–Trinajstić information content (AvgIpc) is 2.56. The number of nitrogens with two attached hydrogens (primary N) is 1. The minimum absolute atomic E-state index is 0.441. The number of anilines is 1. The van der Waals surface area contributed by atoms with Gasteiger partial charge in [-0.05, 0) is 18.2 Å². The SMILES string of the molecule is Nc1cnc(Oc2ccc(Cl)cc2Cl)s1. The lowest BCUT2D eigenvalue weighted by atomic mass is 10.3. The first kappa shape index (κ1) is 10.5. The van der Waals surface area contributed by atoms with Crippen LogP contribution in [0.4, 0.5) is 5.00 Å². The second kappa shape index (κ2) is 4.26. The number of hydrogen-bond acceptors (Lipinski definition) is 4. The molecule has 0 atom stereocenters. The normalized spacial score (nSPS) is 10.3. The Balaban J connectivity index is 2.24. The third kappa shape index (κ3) is 2.53. The van der Waals surface area contributed by atoms with Gasteiger partial charge >= 0.3 is 0 Å². The van der Waals surface area contributed by atoms with Gasteiger partial charge in [0.1, 0.15) is 10.8 Å². The van der Waals surface area contributed by atoms with Crippen LogP contribution in [0.25, 0.3) is 0 Å². The smallest absolute Gasteiger partial charge is 0.280 e. The highest BCUT2D eigenvalue weighted by molar-refractivity contribution is 7.17. The predicted molar refractivity (Wildman–Crippen MR) is 63.1 cm³/mol. The molecule has 78 valence electrons. The molecular formula is C9H6Cl2N2OS. The zero-order valence-corrected chi connectivity index (χ0v) is 9.73. The van der Waals surface area contributed by atoms with E-state index in [0.717, 1.165) is 0 Å². The van der Waals surface area contributed by atoms with Crippen molar-refractivity contribution in [1.82, 2.24) is 4.98 Å². The third-order valence-electron chi connectivity index (χ3n) is 1.59. The Hall–Kier alpha value is -0.970. The average molecular weight is 261 g/mol. The van der Waals surface area contributed by atoms with Gasteiger partial charge in [-0.2, -0.15) is 0 Å². The third-order valence-corrected chi connectivity index (χ3v) is 2.83. The van der Waals surface area contributed by atoms with Crippen molar-refractivity contribution < 1.29 is 4.74 Å². The topological polar surface area (TPSA) is 48.1 Å². The van der Waals surface area contributed by atoms with Crippen LogP contribution in [-0.4, -0.2) is 4.98 Å². The van der Waals surface area contributed by atoms with Gasteiger partial charge in [-0.15, -0.1) is 0 Å². The first-order valence-corrected chi connectivity index (χ1v) is 5.56. The van der Waals surface area contributed by atoms with E-state index in [1.807, 2.05) is 0 Å². The number of nitrogen functional groups attached to an aromatic ring is 1. The van der Waals surface area contributed by atoms with Crippen LogP contribution in [0.1, 0.15) is 0 Å². The molecule has 1 heterocycles. The zero-order chi connectivity index (χ0) is 10.8. The molecule has 0 amide bonds. The number of halogens is 2. The van der Waals surface area contributed by atoms with Gasteiger partial charge in [0, 0.05) is 5.02 Å². The number of rotatable bonds is 2. The standard InChI is InChI=1S/C9H6Cl2N2OS/c10-5-1-2-7(6(11)3-5)14-9-13-4-8(12)15-9/h1-4H,12H2. The molecule has 2 N–H and O–H groups in total. The molecule has 0 aliphatic heterocycles. The van der Waals surface area contributed by atoms with E-state index in [4.69, 9.17) is 33.7 Å². The fraction of sp³-hybridized carbons (Fsp3) is 0. The van der Waals surface area contributed by atoms with Crippen LogP contribution in [0.5, 0.6) is 10.9 Å². The van der Waals surface area contributed by atoms with E-state index < -0.39 is 0 Å². The van der Waals surface area contributed by atoms with Crippen LogP contribution in [0.15, 0.2) is 24.4 Å². The molecule has 0 spiro atoms. The number of benzene rings is 1. The predicted octanol–water partition coefficient (Wildman–Crippen LogP) is 3.82. The molecular weight excluding hydrogens is 255 g/mol. The van der Waals surface area contributed by atoms with E-state index >= 15 is 0 Å².